The quantitative estimate of drug-likeness (QED) is 0.430. The van der Waals surface area contributed by atoms with E-state index in [1.807, 2.05) is 38.1 Å². The van der Waals surface area contributed by atoms with Crippen LogP contribution in [0.25, 0.3) is 10.9 Å². The van der Waals surface area contributed by atoms with Gasteiger partial charge >= 0.3 is 5.97 Å². The average molecular weight is 509 g/mol. The Morgan fingerprint density at radius 1 is 1.16 bits per heavy atom. The maximum Gasteiger partial charge on any atom is 0.320 e. The van der Waals surface area contributed by atoms with Gasteiger partial charge in [-0.25, -0.2) is 0 Å². The molecule has 9 nitrogen and oxygen atoms in total. The number of esters is 1. The molecule has 0 aliphatic carbocycles. The number of hydrogen-bond donors (Lipinski definition) is 2. The summed E-state index contributed by atoms with van der Waals surface area (Å²) in [4.78, 5) is 42.6. The first kappa shape index (κ1) is 26.5. The van der Waals surface area contributed by atoms with E-state index in [0.29, 0.717) is 41.6 Å². The van der Waals surface area contributed by atoms with Gasteiger partial charge in [-0.05, 0) is 64.8 Å². The number of aromatic amines is 1. The van der Waals surface area contributed by atoms with Crippen LogP contribution in [-0.2, 0) is 22.6 Å². The molecule has 1 fully saturated rings. The maximum atomic E-state index is 13.4. The number of aromatic nitrogens is 2. The van der Waals surface area contributed by atoms with Gasteiger partial charge < -0.3 is 24.3 Å². The summed E-state index contributed by atoms with van der Waals surface area (Å²) in [5.41, 5.74) is 3.35. The summed E-state index contributed by atoms with van der Waals surface area (Å²) in [6.45, 7) is 8.89. The van der Waals surface area contributed by atoms with Crippen molar-refractivity contribution in [3.8, 4) is 5.75 Å². The number of pyridine rings is 1. The topological polar surface area (TPSA) is 106 Å². The number of benzene rings is 1. The lowest BCUT2D eigenvalue weighted by Gasteiger charge is -2.31. The molecule has 0 bridgehead atoms. The summed E-state index contributed by atoms with van der Waals surface area (Å²) in [5, 5.41) is 3.82. The van der Waals surface area contributed by atoms with Crippen LogP contribution in [0.3, 0.4) is 0 Å². The number of carbonyl (C=O) groups excluding carboxylic acids is 2. The lowest BCUT2D eigenvalue weighted by atomic mass is 9.96. The van der Waals surface area contributed by atoms with Crippen LogP contribution in [0.1, 0.15) is 47.1 Å². The first-order chi connectivity index (χ1) is 17.8. The highest BCUT2D eigenvalue weighted by Gasteiger charge is 2.25. The third-order valence-corrected chi connectivity index (χ3v) is 7.14. The number of hydrogen-bond acceptors (Lipinski definition) is 6. The summed E-state index contributed by atoms with van der Waals surface area (Å²) in [7, 11) is 1.51. The Balaban J connectivity index is 1.50. The van der Waals surface area contributed by atoms with Gasteiger partial charge in [-0.2, -0.15) is 0 Å². The number of aryl methyl sites for hydroxylation is 1. The smallest absolute Gasteiger partial charge is 0.320 e. The van der Waals surface area contributed by atoms with Gasteiger partial charge in [0.25, 0.3) is 11.5 Å². The largest absolute Gasteiger partial charge is 0.496 e. The average Bonchev–Trinajstić information content (AvgIpc) is 3.15. The van der Waals surface area contributed by atoms with Gasteiger partial charge in [0.1, 0.15) is 5.75 Å². The summed E-state index contributed by atoms with van der Waals surface area (Å²) >= 11 is 0. The number of fused-ring (bicyclic) bond motifs is 1. The molecule has 37 heavy (non-hydrogen) atoms. The normalized spacial score (nSPS) is 14.6. The molecule has 2 aromatic heterocycles. The van der Waals surface area contributed by atoms with Gasteiger partial charge in [0, 0.05) is 28.8 Å². The molecule has 0 radical (unpaired) electrons. The Labute approximate surface area is 216 Å². The second kappa shape index (κ2) is 11.6. The zero-order valence-electron chi connectivity index (χ0n) is 22.1. The van der Waals surface area contributed by atoms with E-state index in [4.69, 9.17) is 9.47 Å². The molecular weight excluding hydrogens is 472 g/mol. The second-order valence-corrected chi connectivity index (χ2v) is 9.62. The minimum Gasteiger partial charge on any atom is -0.496 e. The van der Waals surface area contributed by atoms with Crippen LogP contribution in [0.4, 0.5) is 0 Å². The lowest BCUT2D eigenvalue weighted by Crippen LogP contribution is -2.38. The number of nitrogens with zero attached hydrogens (tertiary/aromatic N) is 2. The fraction of sp³-hybridized carbons (Fsp3) is 0.464. The van der Waals surface area contributed by atoms with Crippen molar-refractivity contribution in [1.29, 1.82) is 0 Å². The molecule has 1 amide bonds. The molecule has 1 aromatic carbocycles. The van der Waals surface area contributed by atoms with Crippen LogP contribution in [0, 0.1) is 19.8 Å². The van der Waals surface area contributed by atoms with Crippen LogP contribution >= 0.6 is 0 Å². The maximum absolute atomic E-state index is 13.4. The zero-order valence-corrected chi connectivity index (χ0v) is 22.1. The number of likely N-dealkylation sites (tertiary alicyclic amines) is 1. The summed E-state index contributed by atoms with van der Waals surface area (Å²) < 4.78 is 12.7. The number of rotatable bonds is 9. The predicted molar refractivity (Wildman–Crippen MR) is 142 cm³/mol. The highest BCUT2D eigenvalue weighted by Crippen LogP contribution is 2.29. The van der Waals surface area contributed by atoms with Crippen LogP contribution in [0.15, 0.2) is 35.1 Å². The molecule has 3 heterocycles. The summed E-state index contributed by atoms with van der Waals surface area (Å²) in [6, 6.07) is 9.68. The minimum absolute atomic E-state index is 0.0650. The summed E-state index contributed by atoms with van der Waals surface area (Å²) in [6.07, 6.45) is 1.95. The highest BCUT2D eigenvalue weighted by atomic mass is 16.5. The monoisotopic (exact) mass is 508 g/mol. The number of methoxy groups -OCH3 is 1. The highest BCUT2D eigenvalue weighted by molar-refractivity contribution is 6.08. The number of carbonyl (C=O) groups is 2. The van der Waals surface area contributed by atoms with Crippen LogP contribution in [0.2, 0.25) is 0 Å². The van der Waals surface area contributed by atoms with Gasteiger partial charge in [-0.15, -0.1) is 0 Å². The Kier molecular flexibility index (Phi) is 8.33. The van der Waals surface area contributed by atoms with Crippen molar-refractivity contribution in [2.24, 2.45) is 5.92 Å². The van der Waals surface area contributed by atoms with Crippen molar-refractivity contribution in [3.05, 3.63) is 63.2 Å². The van der Waals surface area contributed by atoms with Crippen LogP contribution < -0.4 is 15.6 Å². The Morgan fingerprint density at radius 3 is 2.59 bits per heavy atom. The van der Waals surface area contributed by atoms with E-state index in [1.54, 1.807) is 13.0 Å². The number of para-hydroxylation sites is 1. The SMILES string of the molecule is CCOC(=O)CN1CCC(Cn2c(C)c(C(=O)NCc3c(OC)cc(C)[nH]c3=O)c3ccccc32)CC1. The standard InChI is InChI=1S/C28H36N4O5/c1-5-37-25(33)17-31-12-10-20(11-13-31)16-32-19(3)26(21-8-6-7-9-23(21)32)28(35)29-15-22-24(36-4)14-18(2)30-27(22)34/h6-9,14,20H,5,10-13,15-17H2,1-4H3,(H,29,35)(H,30,34). The minimum atomic E-state index is -0.273. The van der Waals surface area contributed by atoms with Crippen molar-refractivity contribution in [2.75, 3.05) is 33.4 Å². The van der Waals surface area contributed by atoms with Gasteiger partial charge in [0.05, 0.1) is 37.9 Å². The first-order valence-electron chi connectivity index (χ1n) is 12.8. The van der Waals surface area contributed by atoms with Gasteiger partial charge in [0.2, 0.25) is 0 Å². The fourth-order valence-corrected chi connectivity index (χ4v) is 5.22. The third-order valence-electron chi connectivity index (χ3n) is 7.14. The molecule has 0 spiro atoms. The molecule has 4 rings (SSSR count). The third kappa shape index (κ3) is 5.88. The van der Waals surface area contributed by atoms with E-state index in [9.17, 15) is 14.4 Å². The molecule has 1 saturated heterocycles. The summed E-state index contributed by atoms with van der Waals surface area (Å²) in [5.74, 6) is 0.502. The van der Waals surface area contributed by atoms with Crippen LogP contribution in [0.5, 0.6) is 5.75 Å². The molecule has 9 heteroatoms. The fourth-order valence-electron chi connectivity index (χ4n) is 5.22. The molecule has 198 valence electrons. The molecular formula is C28H36N4O5. The lowest BCUT2D eigenvalue weighted by molar-refractivity contribution is -0.144. The van der Waals surface area contributed by atoms with E-state index in [-0.39, 0.29) is 24.0 Å². The van der Waals surface area contributed by atoms with Crippen molar-refractivity contribution >= 4 is 22.8 Å². The van der Waals surface area contributed by atoms with E-state index in [2.05, 4.69) is 19.8 Å². The van der Waals surface area contributed by atoms with Gasteiger partial charge in [-0.3, -0.25) is 19.3 Å². The van der Waals surface area contributed by atoms with Crippen molar-refractivity contribution < 1.29 is 19.1 Å². The van der Waals surface area contributed by atoms with E-state index >= 15 is 0 Å². The Bertz CT molecular complexity index is 1330. The Hall–Kier alpha value is -3.59. The van der Waals surface area contributed by atoms with Crippen molar-refractivity contribution in [3.63, 3.8) is 0 Å². The zero-order chi connectivity index (χ0) is 26.5. The van der Waals surface area contributed by atoms with Gasteiger partial charge in [-0.1, -0.05) is 18.2 Å². The molecule has 0 atom stereocenters. The van der Waals surface area contributed by atoms with Crippen molar-refractivity contribution in [2.45, 2.75) is 46.7 Å². The van der Waals surface area contributed by atoms with E-state index in [0.717, 1.165) is 49.1 Å². The van der Waals surface area contributed by atoms with Crippen LogP contribution in [-0.4, -0.2) is 59.7 Å². The molecule has 0 unspecified atom stereocenters. The Morgan fingerprint density at radius 2 is 1.89 bits per heavy atom. The predicted octanol–water partition coefficient (Wildman–Crippen LogP) is 3.16. The molecule has 3 aromatic rings. The number of amides is 1. The second-order valence-electron chi connectivity index (χ2n) is 9.62. The van der Waals surface area contributed by atoms with Gasteiger partial charge in [0.15, 0.2) is 0 Å². The number of nitrogens with one attached hydrogen (secondary N) is 2. The molecule has 2 N–H and O–H groups in total. The van der Waals surface area contributed by atoms with Crippen molar-refractivity contribution in [1.82, 2.24) is 19.8 Å². The molecule has 0 saturated carbocycles. The molecule has 1 aliphatic rings. The van der Waals surface area contributed by atoms with E-state index < -0.39 is 0 Å². The molecule has 1 aliphatic heterocycles. The number of ether oxygens (including phenoxy) is 2. The number of piperidine rings is 1. The first-order valence-corrected chi connectivity index (χ1v) is 12.8. The number of H-pyrrole nitrogens is 1. The van der Waals surface area contributed by atoms with E-state index in [1.165, 1.54) is 7.11 Å².